The van der Waals surface area contributed by atoms with Crippen LogP contribution in [-0.2, 0) is 4.79 Å². The zero-order valence-electron chi connectivity index (χ0n) is 14.1. The molecule has 4 rings (SSSR count). The summed E-state index contributed by atoms with van der Waals surface area (Å²) >= 11 is 3.10. The highest BCUT2D eigenvalue weighted by Crippen LogP contribution is 2.44. The van der Waals surface area contributed by atoms with Gasteiger partial charge >= 0.3 is 0 Å². The molecule has 7 heteroatoms. The van der Waals surface area contributed by atoms with E-state index in [4.69, 9.17) is 0 Å². The molecule has 1 aliphatic carbocycles. The number of Topliss-reactive ketones (excluding diaryl/α,β-unsaturated/α-hetero) is 1. The lowest BCUT2D eigenvalue weighted by atomic mass is 9.79. The molecule has 0 saturated heterocycles. The topological polar surface area (TPSA) is 74.8 Å². The van der Waals surface area contributed by atoms with E-state index in [0.717, 1.165) is 29.0 Å². The van der Waals surface area contributed by atoms with Gasteiger partial charge in [0, 0.05) is 27.8 Å². The van der Waals surface area contributed by atoms with Crippen LogP contribution in [0.4, 0.5) is 5.82 Å². The van der Waals surface area contributed by atoms with Crippen molar-refractivity contribution in [3.05, 3.63) is 49.6 Å². The number of carbonyl (C=O) groups excluding carboxylic acids is 1. The van der Waals surface area contributed by atoms with Gasteiger partial charge in [0.15, 0.2) is 10.9 Å². The Labute approximate surface area is 154 Å². The van der Waals surface area contributed by atoms with Crippen LogP contribution in [0.5, 0.6) is 0 Å². The molecule has 130 valence electrons. The monoisotopic (exact) mass is 373 g/mol. The molecule has 0 amide bonds. The zero-order chi connectivity index (χ0) is 17.6. The van der Waals surface area contributed by atoms with Crippen LogP contribution in [-0.4, -0.2) is 21.0 Å². The fourth-order valence-corrected chi connectivity index (χ4v) is 5.04. The Hall–Kier alpha value is -1.86. The van der Waals surface area contributed by atoms with E-state index in [1.54, 1.807) is 11.3 Å². The molecular weight excluding hydrogens is 354 g/mol. The van der Waals surface area contributed by atoms with E-state index in [0.29, 0.717) is 28.2 Å². The first-order chi connectivity index (χ1) is 12.0. The Morgan fingerprint density at radius 3 is 2.88 bits per heavy atom. The van der Waals surface area contributed by atoms with E-state index in [1.807, 2.05) is 17.5 Å². The normalized spacial score (nSPS) is 19.6. The number of hydrogen-bond acceptors (Lipinski definition) is 6. The number of thioether (sulfide) groups is 1. The molecule has 1 atom stereocenters. The van der Waals surface area contributed by atoms with Gasteiger partial charge in [-0.25, -0.2) is 4.98 Å². The number of nitrogens with one attached hydrogen (secondary N) is 2. The van der Waals surface area contributed by atoms with Crippen molar-refractivity contribution in [3.8, 4) is 0 Å². The van der Waals surface area contributed by atoms with Gasteiger partial charge in [-0.1, -0.05) is 31.7 Å². The van der Waals surface area contributed by atoms with Crippen molar-refractivity contribution in [1.82, 2.24) is 9.97 Å². The van der Waals surface area contributed by atoms with Crippen molar-refractivity contribution in [1.29, 1.82) is 0 Å². The maximum atomic E-state index is 12.9. The third-order valence-electron chi connectivity index (χ3n) is 4.41. The smallest absolute Gasteiger partial charge is 0.257 e. The number of aromatic amines is 1. The van der Waals surface area contributed by atoms with Gasteiger partial charge in [-0.2, -0.15) is 0 Å². The minimum absolute atomic E-state index is 0.137. The Morgan fingerprint density at radius 2 is 2.16 bits per heavy atom. The number of allylic oxidation sites excluding steroid dienone is 2. The second-order valence-electron chi connectivity index (χ2n) is 6.54. The van der Waals surface area contributed by atoms with Gasteiger partial charge in [-0.3, -0.25) is 9.59 Å². The maximum Gasteiger partial charge on any atom is 0.257 e. The standard InChI is InChI=1S/C18H19N3O2S2/c1-9(2)25-18-20-16-15(17(23)21-18)14(12-7-4-8-24-12)13-10(19-16)5-3-6-11(13)22/h4,7-9,14H,3,5-6H2,1-2H3,(H2,19,20,21,23). The molecule has 25 heavy (non-hydrogen) atoms. The molecule has 5 nitrogen and oxygen atoms in total. The maximum absolute atomic E-state index is 12.9. The Kier molecular flexibility index (Phi) is 4.29. The highest BCUT2D eigenvalue weighted by Gasteiger charge is 2.38. The summed E-state index contributed by atoms with van der Waals surface area (Å²) in [5.74, 6) is 0.421. The molecule has 0 radical (unpaired) electrons. The lowest BCUT2D eigenvalue weighted by Gasteiger charge is -2.32. The molecule has 2 aromatic rings. The summed E-state index contributed by atoms with van der Waals surface area (Å²) < 4.78 is 0. The second kappa shape index (κ2) is 6.46. The summed E-state index contributed by atoms with van der Waals surface area (Å²) in [6.45, 7) is 4.12. The van der Waals surface area contributed by atoms with Crippen LogP contribution >= 0.6 is 23.1 Å². The molecular formula is C18H19N3O2S2. The first-order valence-corrected chi connectivity index (χ1v) is 10.2. The highest BCUT2D eigenvalue weighted by molar-refractivity contribution is 7.99. The van der Waals surface area contributed by atoms with Gasteiger partial charge in [-0.15, -0.1) is 11.3 Å². The van der Waals surface area contributed by atoms with Crippen LogP contribution in [0.25, 0.3) is 0 Å². The quantitative estimate of drug-likeness (QED) is 0.630. The van der Waals surface area contributed by atoms with Crippen LogP contribution in [0.3, 0.4) is 0 Å². The van der Waals surface area contributed by atoms with Gasteiger partial charge in [0.05, 0.1) is 11.5 Å². The highest BCUT2D eigenvalue weighted by atomic mass is 32.2. The van der Waals surface area contributed by atoms with Crippen molar-refractivity contribution in [2.75, 3.05) is 5.32 Å². The van der Waals surface area contributed by atoms with Crippen molar-refractivity contribution >= 4 is 34.7 Å². The number of anilines is 1. The predicted molar refractivity (Wildman–Crippen MR) is 102 cm³/mol. The molecule has 1 unspecified atom stereocenters. The SMILES string of the molecule is CC(C)Sc1nc2c(c(=O)[nH]1)C(c1cccs1)C1=C(CCCC1=O)N2. The Balaban J connectivity index is 1.91. The predicted octanol–water partition coefficient (Wildman–Crippen LogP) is 3.90. The minimum atomic E-state index is -0.312. The summed E-state index contributed by atoms with van der Waals surface area (Å²) in [5, 5.41) is 6.21. The Bertz CT molecular complexity index is 913. The molecule has 1 aliphatic heterocycles. The van der Waals surface area contributed by atoms with Crippen LogP contribution in [0.15, 0.2) is 38.7 Å². The van der Waals surface area contributed by atoms with E-state index in [9.17, 15) is 9.59 Å². The Morgan fingerprint density at radius 1 is 1.32 bits per heavy atom. The average Bonchev–Trinajstić information content (AvgIpc) is 3.06. The van der Waals surface area contributed by atoms with Gasteiger partial charge in [0.25, 0.3) is 5.56 Å². The summed E-state index contributed by atoms with van der Waals surface area (Å²) in [7, 11) is 0. The fourth-order valence-electron chi connectivity index (χ4n) is 3.46. The second-order valence-corrected chi connectivity index (χ2v) is 9.09. The number of H-pyrrole nitrogens is 1. The van der Waals surface area contributed by atoms with Crippen LogP contribution < -0.4 is 10.9 Å². The summed E-state index contributed by atoms with van der Waals surface area (Å²) in [4.78, 5) is 34.1. The zero-order valence-corrected chi connectivity index (χ0v) is 15.7. The lowest BCUT2D eigenvalue weighted by Crippen LogP contribution is -2.32. The van der Waals surface area contributed by atoms with Gasteiger partial charge in [-0.05, 0) is 24.3 Å². The van der Waals surface area contributed by atoms with Crippen LogP contribution in [0, 0.1) is 0 Å². The number of aromatic nitrogens is 2. The molecule has 3 heterocycles. The molecule has 2 N–H and O–H groups in total. The molecule has 0 aromatic carbocycles. The van der Waals surface area contributed by atoms with E-state index in [2.05, 4.69) is 29.1 Å². The number of thiophene rings is 1. The van der Waals surface area contributed by atoms with Gasteiger partial charge < -0.3 is 10.3 Å². The number of rotatable bonds is 3. The number of nitrogens with zero attached hydrogens (tertiary/aromatic N) is 1. The molecule has 0 saturated carbocycles. The van der Waals surface area contributed by atoms with E-state index < -0.39 is 0 Å². The third kappa shape index (κ3) is 2.95. The van der Waals surface area contributed by atoms with E-state index in [1.165, 1.54) is 11.8 Å². The lowest BCUT2D eigenvalue weighted by molar-refractivity contribution is -0.116. The first kappa shape index (κ1) is 16.6. The number of hydrogen-bond donors (Lipinski definition) is 2. The first-order valence-electron chi connectivity index (χ1n) is 8.42. The summed E-state index contributed by atoms with van der Waals surface area (Å²) in [6.07, 6.45) is 2.21. The minimum Gasteiger partial charge on any atom is -0.343 e. The van der Waals surface area contributed by atoms with Crippen LogP contribution in [0.1, 0.15) is 49.5 Å². The molecule has 0 spiro atoms. The van der Waals surface area contributed by atoms with Crippen molar-refractivity contribution in [2.24, 2.45) is 0 Å². The van der Waals surface area contributed by atoms with Gasteiger partial charge in [0.1, 0.15) is 5.82 Å². The average molecular weight is 374 g/mol. The van der Waals surface area contributed by atoms with Crippen LogP contribution in [0.2, 0.25) is 0 Å². The molecule has 0 bridgehead atoms. The van der Waals surface area contributed by atoms with E-state index >= 15 is 0 Å². The van der Waals surface area contributed by atoms with Crippen molar-refractivity contribution in [3.63, 3.8) is 0 Å². The van der Waals surface area contributed by atoms with Crippen molar-refractivity contribution < 1.29 is 4.79 Å². The largest absolute Gasteiger partial charge is 0.343 e. The van der Waals surface area contributed by atoms with Crippen molar-refractivity contribution in [2.45, 2.75) is 49.4 Å². The third-order valence-corrected chi connectivity index (χ3v) is 6.24. The summed E-state index contributed by atoms with van der Waals surface area (Å²) in [6, 6.07) is 3.95. The molecule has 2 aromatic heterocycles. The van der Waals surface area contributed by atoms with E-state index in [-0.39, 0.29) is 17.3 Å². The fraction of sp³-hybridized carbons (Fsp3) is 0.389. The number of fused-ring (bicyclic) bond motifs is 1. The number of carbonyl (C=O) groups is 1. The molecule has 2 aliphatic rings. The number of ketones is 1. The molecule has 0 fully saturated rings. The van der Waals surface area contributed by atoms with Gasteiger partial charge in [0.2, 0.25) is 0 Å². The summed E-state index contributed by atoms with van der Waals surface area (Å²) in [5.41, 5.74) is 2.08.